The minimum Gasteiger partial charge on any atom is -0.352 e. The predicted octanol–water partition coefficient (Wildman–Crippen LogP) is 5.39. The SMILES string of the molecule is O=C(NCCCc1ccccc1)c1cccc(Nc2ccc(-c3ccc(F)cc3)nn2)c1. The van der Waals surface area contributed by atoms with E-state index in [9.17, 15) is 9.18 Å². The van der Waals surface area contributed by atoms with Crippen molar-refractivity contribution in [2.45, 2.75) is 12.8 Å². The van der Waals surface area contributed by atoms with Gasteiger partial charge in [0.25, 0.3) is 5.91 Å². The zero-order valence-corrected chi connectivity index (χ0v) is 17.5. The van der Waals surface area contributed by atoms with E-state index in [-0.39, 0.29) is 11.7 Å². The summed E-state index contributed by atoms with van der Waals surface area (Å²) in [4.78, 5) is 12.5. The molecular formula is C26H23FN4O. The average molecular weight is 426 g/mol. The molecule has 0 unspecified atom stereocenters. The fraction of sp³-hybridized carbons (Fsp3) is 0.115. The van der Waals surface area contributed by atoms with E-state index in [0.29, 0.717) is 23.6 Å². The van der Waals surface area contributed by atoms with Crippen LogP contribution in [0.15, 0.2) is 91.0 Å². The van der Waals surface area contributed by atoms with E-state index in [2.05, 4.69) is 33.0 Å². The molecule has 2 N–H and O–H groups in total. The van der Waals surface area contributed by atoms with Crippen LogP contribution in [0.1, 0.15) is 22.3 Å². The summed E-state index contributed by atoms with van der Waals surface area (Å²) >= 11 is 0. The summed E-state index contributed by atoms with van der Waals surface area (Å²) in [6, 6.07) is 27.2. The maximum absolute atomic E-state index is 13.1. The number of rotatable bonds is 8. The van der Waals surface area contributed by atoms with Gasteiger partial charge in [-0.2, -0.15) is 0 Å². The lowest BCUT2D eigenvalue weighted by Crippen LogP contribution is -2.24. The predicted molar refractivity (Wildman–Crippen MR) is 124 cm³/mol. The van der Waals surface area contributed by atoms with Crippen LogP contribution in [0.3, 0.4) is 0 Å². The molecule has 5 nitrogen and oxygen atoms in total. The number of aromatic nitrogens is 2. The van der Waals surface area contributed by atoms with Gasteiger partial charge in [-0.3, -0.25) is 4.79 Å². The number of carbonyl (C=O) groups excluding carboxylic acids is 1. The lowest BCUT2D eigenvalue weighted by Gasteiger charge is -2.09. The van der Waals surface area contributed by atoms with Crippen LogP contribution in [-0.2, 0) is 6.42 Å². The number of hydrogen-bond donors (Lipinski definition) is 2. The fourth-order valence-corrected chi connectivity index (χ4v) is 3.30. The van der Waals surface area contributed by atoms with E-state index >= 15 is 0 Å². The Kier molecular flexibility index (Phi) is 6.82. The highest BCUT2D eigenvalue weighted by molar-refractivity contribution is 5.95. The first-order valence-electron chi connectivity index (χ1n) is 10.5. The maximum atomic E-state index is 13.1. The highest BCUT2D eigenvalue weighted by Gasteiger charge is 2.07. The van der Waals surface area contributed by atoms with E-state index in [0.717, 1.165) is 24.1 Å². The van der Waals surface area contributed by atoms with Crippen molar-refractivity contribution in [2.75, 3.05) is 11.9 Å². The van der Waals surface area contributed by atoms with Crippen molar-refractivity contribution in [3.8, 4) is 11.3 Å². The zero-order chi connectivity index (χ0) is 22.2. The minimum atomic E-state index is -0.292. The van der Waals surface area contributed by atoms with Crippen LogP contribution in [0, 0.1) is 5.82 Å². The molecule has 0 saturated carbocycles. The van der Waals surface area contributed by atoms with Gasteiger partial charge in [0.1, 0.15) is 5.82 Å². The van der Waals surface area contributed by atoms with Crippen LogP contribution < -0.4 is 10.6 Å². The lowest BCUT2D eigenvalue weighted by atomic mass is 10.1. The van der Waals surface area contributed by atoms with Crippen LogP contribution in [0.25, 0.3) is 11.3 Å². The number of amides is 1. The summed E-state index contributed by atoms with van der Waals surface area (Å²) in [6.45, 7) is 0.613. The third-order valence-corrected chi connectivity index (χ3v) is 4.97. The van der Waals surface area contributed by atoms with E-state index in [1.54, 1.807) is 30.3 Å². The van der Waals surface area contributed by atoms with E-state index in [1.807, 2.05) is 36.4 Å². The smallest absolute Gasteiger partial charge is 0.251 e. The minimum absolute atomic E-state index is 0.112. The van der Waals surface area contributed by atoms with Crippen LogP contribution in [-0.4, -0.2) is 22.6 Å². The zero-order valence-electron chi connectivity index (χ0n) is 17.5. The van der Waals surface area contributed by atoms with Crippen molar-refractivity contribution in [1.29, 1.82) is 0 Å². The molecule has 4 rings (SSSR count). The van der Waals surface area contributed by atoms with Gasteiger partial charge in [-0.25, -0.2) is 4.39 Å². The molecule has 3 aromatic carbocycles. The maximum Gasteiger partial charge on any atom is 0.251 e. The van der Waals surface area contributed by atoms with Crippen molar-refractivity contribution in [1.82, 2.24) is 15.5 Å². The number of carbonyl (C=O) groups is 1. The van der Waals surface area contributed by atoms with Crippen molar-refractivity contribution in [3.05, 3.63) is 108 Å². The number of halogens is 1. The van der Waals surface area contributed by atoms with Crippen LogP contribution in [0.2, 0.25) is 0 Å². The summed E-state index contributed by atoms with van der Waals surface area (Å²) in [5.74, 6) is 0.149. The second-order valence-electron chi connectivity index (χ2n) is 7.36. The largest absolute Gasteiger partial charge is 0.352 e. The molecule has 1 amide bonds. The molecule has 6 heteroatoms. The monoisotopic (exact) mass is 426 g/mol. The Balaban J connectivity index is 1.32. The summed E-state index contributed by atoms with van der Waals surface area (Å²) in [6.07, 6.45) is 1.80. The highest BCUT2D eigenvalue weighted by atomic mass is 19.1. The second kappa shape index (κ2) is 10.3. The molecule has 1 heterocycles. The van der Waals surface area contributed by atoms with Crippen molar-refractivity contribution >= 4 is 17.4 Å². The summed E-state index contributed by atoms with van der Waals surface area (Å²) < 4.78 is 13.1. The third-order valence-electron chi connectivity index (χ3n) is 4.97. The second-order valence-corrected chi connectivity index (χ2v) is 7.36. The van der Waals surface area contributed by atoms with Crippen LogP contribution >= 0.6 is 0 Å². The first-order valence-corrected chi connectivity index (χ1v) is 10.5. The Morgan fingerprint density at radius 1 is 0.844 bits per heavy atom. The molecule has 0 saturated heterocycles. The molecule has 0 bridgehead atoms. The van der Waals surface area contributed by atoms with Gasteiger partial charge in [-0.15, -0.1) is 10.2 Å². The molecule has 0 radical (unpaired) electrons. The number of hydrogen-bond acceptors (Lipinski definition) is 4. The fourth-order valence-electron chi connectivity index (χ4n) is 3.30. The molecule has 0 spiro atoms. The van der Waals surface area contributed by atoms with Crippen molar-refractivity contribution < 1.29 is 9.18 Å². The Morgan fingerprint density at radius 2 is 1.66 bits per heavy atom. The molecule has 1 aromatic heterocycles. The lowest BCUT2D eigenvalue weighted by molar-refractivity contribution is 0.0953. The molecule has 0 atom stereocenters. The van der Waals surface area contributed by atoms with Gasteiger partial charge in [-0.05, 0) is 73.0 Å². The number of nitrogens with zero attached hydrogens (tertiary/aromatic N) is 2. The Labute approximate surface area is 186 Å². The van der Waals surface area contributed by atoms with E-state index in [1.165, 1.54) is 17.7 Å². The molecule has 32 heavy (non-hydrogen) atoms. The van der Waals surface area contributed by atoms with Gasteiger partial charge in [0.15, 0.2) is 5.82 Å². The summed E-state index contributed by atoms with van der Waals surface area (Å²) in [7, 11) is 0. The third kappa shape index (κ3) is 5.76. The normalized spacial score (nSPS) is 10.5. The quantitative estimate of drug-likeness (QED) is 0.371. The Hall–Kier alpha value is -4.06. The van der Waals surface area contributed by atoms with Crippen molar-refractivity contribution in [3.63, 3.8) is 0 Å². The molecule has 0 aliphatic rings. The molecule has 0 fully saturated rings. The number of anilines is 2. The number of aryl methyl sites for hydroxylation is 1. The standard InChI is InChI=1S/C26H23FN4O/c27-22-13-11-20(12-14-22)24-15-16-25(31-30-24)29-23-10-4-9-21(18-23)26(32)28-17-5-8-19-6-2-1-3-7-19/h1-4,6-7,9-16,18H,5,8,17H2,(H,28,32)(H,29,31). The van der Waals surface area contributed by atoms with Gasteiger partial charge in [0.05, 0.1) is 5.69 Å². The highest BCUT2D eigenvalue weighted by Crippen LogP contribution is 2.20. The van der Waals surface area contributed by atoms with Gasteiger partial charge in [0, 0.05) is 23.4 Å². The van der Waals surface area contributed by atoms with Gasteiger partial charge < -0.3 is 10.6 Å². The molecule has 0 aliphatic heterocycles. The number of benzene rings is 3. The first-order chi connectivity index (χ1) is 15.7. The van der Waals surface area contributed by atoms with Crippen LogP contribution in [0.4, 0.5) is 15.9 Å². The van der Waals surface area contributed by atoms with Crippen LogP contribution in [0.5, 0.6) is 0 Å². The average Bonchev–Trinajstić information content (AvgIpc) is 2.84. The summed E-state index contributed by atoms with van der Waals surface area (Å²) in [5, 5.41) is 14.5. The Bertz CT molecular complexity index is 1160. The van der Waals surface area contributed by atoms with Gasteiger partial charge >= 0.3 is 0 Å². The molecule has 160 valence electrons. The first kappa shape index (κ1) is 21.2. The van der Waals surface area contributed by atoms with Crippen molar-refractivity contribution in [2.24, 2.45) is 0 Å². The van der Waals surface area contributed by atoms with Gasteiger partial charge in [0.2, 0.25) is 0 Å². The molecule has 0 aliphatic carbocycles. The van der Waals surface area contributed by atoms with E-state index in [4.69, 9.17) is 0 Å². The van der Waals surface area contributed by atoms with E-state index < -0.39 is 0 Å². The van der Waals surface area contributed by atoms with Gasteiger partial charge in [-0.1, -0.05) is 36.4 Å². The topological polar surface area (TPSA) is 66.9 Å². The molecular weight excluding hydrogens is 403 g/mol. The number of nitrogens with one attached hydrogen (secondary N) is 2. The summed E-state index contributed by atoms with van der Waals surface area (Å²) in [5.41, 5.74) is 4.02. The molecule has 4 aromatic rings. The Morgan fingerprint density at radius 3 is 2.41 bits per heavy atom.